The fourth-order valence-corrected chi connectivity index (χ4v) is 3.88. The van der Waals surface area contributed by atoms with Crippen LogP contribution in [0.25, 0.3) is 11.0 Å². The van der Waals surface area contributed by atoms with E-state index in [1.807, 2.05) is 26.0 Å². The molecule has 0 fully saturated rings. The molecule has 2 aromatic carbocycles. The van der Waals surface area contributed by atoms with Crippen molar-refractivity contribution in [3.63, 3.8) is 0 Å². The zero-order chi connectivity index (χ0) is 18.4. The molecule has 4 heteroatoms. The van der Waals surface area contributed by atoms with Crippen LogP contribution in [0.15, 0.2) is 39.5 Å². The minimum atomic E-state index is -0.241. The van der Waals surface area contributed by atoms with Gasteiger partial charge in [0.2, 0.25) is 0 Å². The molecule has 0 aliphatic carbocycles. The molecular weight excluding hydrogens is 326 g/mol. The summed E-state index contributed by atoms with van der Waals surface area (Å²) in [6.07, 6.45) is 0.673. The Morgan fingerprint density at radius 3 is 2.65 bits per heavy atom. The summed E-state index contributed by atoms with van der Waals surface area (Å²) in [4.78, 5) is 14.6. The van der Waals surface area contributed by atoms with Crippen LogP contribution in [0.2, 0.25) is 0 Å². The first-order valence-corrected chi connectivity index (χ1v) is 9.02. The molecule has 0 saturated carbocycles. The Labute approximate surface area is 153 Å². The molecule has 4 nitrogen and oxygen atoms in total. The molecule has 2 heterocycles. The Kier molecular flexibility index (Phi) is 3.98. The van der Waals surface area contributed by atoms with E-state index >= 15 is 0 Å². The highest BCUT2D eigenvalue weighted by Gasteiger charge is 2.24. The van der Waals surface area contributed by atoms with Crippen LogP contribution in [0.4, 0.5) is 5.69 Å². The van der Waals surface area contributed by atoms with Gasteiger partial charge in [-0.1, -0.05) is 24.6 Å². The molecule has 1 aromatic heterocycles. The summed E-state index contributed by atoms with van der Waals surface area (Å²) >= 11 is 0. The van der Waals surface area contributed by atoms with E-state index in [0.717, 1.165) is 33.5 Å². The van der Waals surface area contributed by atoms with Crippen LogP contribution in [-0.4, -0.2) is 6.73 Å². The van der Waals surface area contributed by atoms with Gasteiger partial charge in [0.25, 0.3) is 0 Å². The Bertz CT molecular complexity index is 1070. The van der Waals surface area contributed by atoms with Gasteiger partial charge >= 0.3 is 5.63 Å². The van der Waals surface area contributed by atoms with Crippen molar-refractivity contribution >= 4 is 16.7 Å². The molecule has 1 aliphatic heterocycles. The first kappa shape index (κ1) is 16.7. The zero-order valence-corrected chi connectivity index (χ0v) is 15.7. The molecule has 3 aromatic rings. The third kappa shape index (κ3) is 2.57. The Hall–Kier alpha value is -2.75. The molecule has 0 amide bonds. The van der Waals surface area contributed by atoms with Gasteiger partial charge in [0, 0.05) is 16.6 Å². The number of hydrogen-bond donors (Lipinski definition) is 0. The molecule has 134 valence electrons. The van der Waals surface area contributed by atoms with Crippen molar-refractivity contribution in [2.75, 3.05) is 11.6 Å². The van der Waals surface area contributed by atoms with Gasteiger partial charge in [0.15, 0.2) is 6.73 Å². The lowest BCUT2D eigenvalue weighted by Crippen LogP contribution is -2.32. The fraction of sp³-hybridized carbons (Fsp3) is 0.318. The number of nitrogens with zero attached hydrogens (tertiary/aromatic N) is 1. The van der Waals surface area contributed by atoms with Gasteiger partial charge in [-0.25, -0.2) is 4.79 Å². The average Bonchev–Trinajstić information content (AvgIpc) is 2.61. The number of anilines is 1. The normalized spacial score (nSPS) is 13.6. The molecule has 1 aliphatic rings. The summed E-state index contributed by atoms with van der Waals surface area (Å²) < 4.78 is 11.7. The van der Waals surface area contributed by atoms with Crippen LogP contribution in [0.3, 0.4) is 0 Å². The number of benzene rings is 2. The maximum Gasteiger partial charge on any atom is 0.339 e. The molecule has 0 spiro atoms. The van der Waals surface area contributed by atoms with Crippen LogP contribution < -0.4 is 15.3 Å². The van der Waals surface area contributed by atoms with Crippen molar-refractivity contribution in [3.05, 3.63) is 68.6 Å². The topological polar surface area (TPSA) is 42.7 Å². The summed E-state index contributed by atoms with van der Waals surface area (Å²) in [6.45, 7) is 9.32. The first-order chi connectivity index (χ1) is 12.5. The zero-order valence-electron chi connectivity index (χ0n) is 15.7. The predicted molar refractivity (Wildman–Crippen MR) is 104 cm³/mol. The maximum absolute atomic E-state index is 12.4. The van der Waals surface area contributed by atoms with E-state index in [1.165, 1.54) is 11.1 Å². The van der Waals surface area contributed by atoms with Crippen LogP contribution in [0.1, 0.15) is 34.7 Å². The van der Waals surface area contributed by atoms with Gasteiger partial charge in [-0.15, -0.1) is 0 Å². The average molecular weight is 349 g/mol. The molecule has 0 N–H and O–H groups in total. The SMILES string of the molecule is CCc1c(C)c2ccc3c(c2oc1=O)CN(c1ccc(C)cc1C)CO3. The Balaban J connectivity index is 1.85. The number of fused-ring (bicyclic) bond motifs is 3. The second kappa shape index (κ2) is 6.20. The molecule has 26 heavy (non-hydrogen) atoms. The van der Waals surface area contributed by atoms with Gasteiger partial charge in [-0.2, -0.15) is 0 Å². The number of rotatable bonds is 2. The van der Waals surface area contributed by atoms with E-state index in [4.69, 9.17) is 9.15 Å². The monoisotopic (exact) mass is 349 g/mol. The number of hydrogen-bond acceptors (Lipinski definition) is 4. The van der Waals surface area contributed by atoms with Gasteiger partial charge in [-0.05, 0) is 56.5 Å². The summed E-state index contributed by atoms with van der Waals surface area (Å²) in [7, 11) is 0. The summed E-state index contributed by atoms with van der Waals surface area (Å²) in [5.41, 5.74) is 6.70. The van der Waals surface area contributed by atoms with Crippen LogP contribution >= 0.6 is 0 Å². The van der Waals surface area contributed by atoms with Crippen LogP contribution in [-0.2, 0) is 13.0 Å². The number of ether oxygens (including phenoxy) is 1. The molecule has 4 rings (SSSR count). The second-order valence-corrected chi connectivity index (χ2v) is 7.03. The predicted octanol–water partition coefficient (Wildman–Crippen LogP) is 4.64. The molecular formula is C22H23NO3. The van der Waals surface area contributed by atoms with Gasteiger partial charge in [-0.3, -0.25) is 0 Å². The highest BCUT2D eigenvalue weighted by molar-refractivity contribution is 5.86. The Morgan fingerprint density at radius 2 is 1.92 bits per heavy atom. The summed E-state index contributed by atoms with van der Waals surface area (Å²) in [5.74, 6) is 0.797. The van der Waals surface area contributed by atoms with Gasteiger partial charge in [0.1, 0.15) is 11.3 Å². The van der Waals surface area contributed by atoms with Crippen LogP contribution in [0.5, 0.6) is 5.75 Å². The van der Waals surface area contributed by atoms with Crippen molar-refractivity contribution in [1.29, 1.82) is 0 Å². The summed E-state index contributed by atoms with van der Waals surface area (Å²) in [6, 6.07) is 10.4. The molecule has 0 saturated heterocycles. The van der Waals surface area contributed by atoms with E-state index < -0.39 is 0 Å². The van der Waals surface area contributed by atoms with Crippen molar-refractivity contribution in [2.24, 2.45) is 0 Å². The van der Waals surface area contributed by atoms with E-state index in [-0.39, 0.29) is 5.63 Å². The summed E-state index contributed by atoms with van der Waals surface area (Å²) in [5, 5.41) is 0.992. The van der Waals surface area contributed by atoms with Crippen molar-refractivity contribution < 1.29 is 9.15 Å². The van der Waals surface area contributed by atoms with E-state index in [0.29, 0.717) is 25.3 Å². The third-order valence-corrected chi connectivity index (χ3v) is 5.29. The van der Waals surface area contributed by atoms with E-state index in [1.54, 1.807) is 0 Å². The smallest absolute Gasteiger partial charge is 0.339 e. The van der Waals surface area contributed by atoms with Crippen molar-refractivity contribution in [1.82, 2.24) is 0 Å². The molecule has 0 unspecified atom stereocenters. The lowest BCUT2D eigenvalue weighted by molar-refractivity contribution is 0.289. The lowest BCUT2D eigenvalue weighted by Gasteiger charge is -2.32. The standard InChI is InChI=1S/C22H23NO3/c1-5-16-15(4)17-7-9-20-18(21(17)26-22(16)24)11-23(12-25-20)19-8-6-13(2)10-14(19)3/h6-10H,5,11-12H2,1-4H3. The Morgan fingerprint density at radius 1 is 1.12 bits per heavy atom. The van der Waals surface area contributed by atoms with Gasteiger partial charge in [0.05, 0.1) is 12.1 Å². The molecule has 0 atom stereocenters. The highest BCUT2D eigenvalue weighted by Crippen LogP contribution is 2.36. The number of aryl methyl sites for hydroxylation is 3. The maximum atomic E-state index is 12.4. The first-order valence-electron chi connectivity index (χ1n) is 9.02. The molecule has 0 radical (unpaired) electrons. The van der Waals surface area contributed by atoms with Crippen molar-refractivity contribution in [2.45, 2.75) is 40.7 Å². The lowest BCUT2D eigenvalue weighted by atomic mass is 10.0. The minimum Gasteiger partial charge on any atom is -0.473 e. The van der Waals surface area contributed by atoms with E-state index in [9.17, 15) is 4.79 Å². The van der Waals surface area contributed by atoms with E-state index in [2.05, 4.69) is 36.9 Å². The second-order valence-electron chi connectivity index (χ2n) is 7.03. The quantitative estimate of drug-likeness (QED) is 0.632. The van der Waals surface area contributed by atoms with Crippen molar-refractivity contribution in [3.8, 4) is 5.75 Å². The minimum absolute atomic E-state index is 0.241. The molecule has 0 bridgehead atoms. The van der Waals surface area contributed by atoms with Gasteiger partial charge < -0.3 is 14.1 Å². The fourth-order valence-electron chi connectivity index (χ4n) is 3.88. The largest absolute Gasteiger partial charge is 0.473 e. The highest BCUT2D eigenvalue weighted by atomic mass is 16.5. The third-order valence-electron chi connectivity index (χ3n) is 5.29. The van der Waals surface area contributed by atoms with Crippen LogP contribution in [0, 0.1) is 20.8 Å².